The fourth-order valence-electron chi connectivity index (χ4n) is 3.72. The summed E-state index contributed by atoms with van der Waals surface area (Å²) in [6.07, 6.45) is 3.66. The van der Waals surface area contributed by atoms with Crippen molar-refractivity contribution < 1.29 is 14.3 Å². The molecule has 8 nitrogen and oxygen atoms in total. The number of carbonyl (C=O) groups excluding carboxylic acids is 2. The summed E-state index contributed by atoms with van der Waals surface area (Å²) in [6.45, 7) is 2.44. The number of aromatic nitrogens is 3. The van der Waals surface area contributed by atoms with Crippen molar-refractivity contribution in [3.05, 3.63) is 36.4 Å². The molecule has 0 spiro atoms. The molecule has 146 valence electrons. The zero-order valence-electron chi connectivity index (χ0n) is 15.9. The molecule has 1 N–H and O–H groups in total. The Hall–Kier alpha value is -2.94. The first-order valence-corrected chi connectivity index (χ1v) is 9.86. The van der Waals surface area contributed by atoms with Gasteiger partial charge in [0.15, 0.2) is 5.13 Å². The maximum absolute atomic E-state index is 13.1. The lowest BCUT2D eigenvalue weighted by Crippen LogP contribution is -2.33. The number of aryl methyl sites for hydroxylation is 1. The van der Waals surface area contributed by atoms with Crippen molar-refractivity contribution in [2.75, 3.05) is 19.0 Å². The minimum atomic E-state index is -0.526. The van der Waals surface area contributed by atoms with Gasteiger partial charge in [0, 0.05) is 32.4 Å². The Morgan fingerprint density at radius 2 is 2.25 bits per heavy atom. The van der Waals surface area contributed by atoms with Crippen LogP contribution in [0, 0.1) is 5.92 Å². The molecule has 3 heterocycles. The van der Waals surface area contributed by atoms with Crippen molar-refractivity contribution in [2.24, 2.45) is 13.0 Å². The van der Waals surface area contributed by atoms with Crippen LogP contribution in [0.2, 0.25) is 0 Å². The van der Waals surface area contributed by atoms with Crippen molar-refractivity contribution in [1.82, 2.24) is 19.4 Å². The molecule has 0 aliphatic carbocycles. The lowest BCUT2D eigenvalue weighted by Gasteiger charge is -2.26. The Morgan fingerprint density at radius 3 is 2.93 bits per heavy atom. The molecule has 1 aliphatic rings. The highest BCUT2D eigenvalue weighted by Gasteiger charge is 2.45. The van der Waals surface area contributed by atoms with Crippen LogP contribution in [0.5, 0.6) is 5.75 Å². The maximum atomic E-state index is 13.1. The van der Waals surface area contributed by atoms with Gasteiger partial charge in [-0.1, -0.05) is 17.4 Å². The SMILES string of the molecule is CCN1C(=O)C[C@H](C(=O)Nc2nc3cccc(OC)c3s2)[C@H]1c1nccn1C. The molecule has 1 fully saturated rings. The molecule has 4 rings (SSSR count). The number of imidazole rings is 1. The van der Waals surface area contributed by atoms with Crippen LogP contribution in [-0.4, -0.2) is 44.9 Å². The van der Waals surface area contributed by atoms with E-state index in [2.05, 4.69) is 15.3 Å². The number of ether oxygens (including phenoxy) is 1. The fourth-order valence-corrected chi connectivity index (χ4v) is 4.68. The molecule has 1 aromatic carbocycles. The number of thiazole rings is 1. The maximum Gasteiger partial charge on any atom is 0.232 e. The number of anilines is 1. The molecule has 1 saturated heterocycles. The fraction of sp³-hybridized carbons (Fsp3) is 0.368. The van der Waals surface area contributed by atoms with Crippen molar-refractivity contribution in [3.63, 3.8) is 0 Å². The number of hydrogen-bond donors (Lipinski definition) is 1. The van der Waals surface area contributed by atoms with E-state index >= 15 is 0 Å². The van der Waals surface area contributed by atoms with Gasteiger partial charge >= 0.3 is 0 Å². The Balaban J connectivity index is 1.63. The number of methoxy groups -OCH3 is 1. The quantitative estimate of drug-likeness (QED) is 0.712. The Kier molecular flexibility index (Phi) is 4.76. The van der Waals surface area contributed by atoms with Crippen molar-refractivity contribution >= 4 is 38.5 Å². The second-order valence-electron chi connectivity index (χ2n) is 6.65. The van der Waals surface area contributed by atoms with Gasteiger partial charge in [-0.3, -0.25) is 9.59 Å². The number of hydrogen-bond acceptors (Lipinski definition) is 6. The zero-order chi connectivity index (χ0) is 19.8. The van der Waals surface area contributed by atoms with Crippen LogP contribution in [0.4, 0.5) is 5.13 Å². The summed E-state index contributed by atoms with van der Waals surface area (Å²) in [5, 5.41) is 3.39. The van der Waals surface area contributed by atoms with Gasteiger partial charge in [0.05, 0.1) is 23.2 Å². The predicted octanol–water partition coefficient (Wildman–Crippen LogP) is 2.59. The van der Waals surface area contributed by atoms with Crippen LogP contribution in [0.25, 0.3) is 10.2 Å². The first-order valence-electron chi connectivity index (χ1n) is 9.04. The normalized spacial score (nSPS) is 19.4. The van der Waals surface area contributed by atoms with Crippen LogP contribution in [0.15, 0.2) is 30.6 Å². The van der Waals surface area contributed by atoms with Crippen LogP contribution in [0.1, 0.15) is 25.2 Å². The summed E-state index contributed by atoms with van der Waals surface area (Å²) in [5.41, 5.74) is 0.762. The number of benzene rings is 1. The Labute approximate surface area is 166 Å². The average Bonchev–Trinajstić information content (AvgIpc) is 3.37. The molecule has 2 amide bonds. The van der Waals surface area contributed by atoms with Gasteiger partial charge in [0.1, 0.15) is 17.6 Å². The molecule has 1 aliphatic heterocycles. The lowest BCUT2D eigenvalue weighted by atomic mass is 9.98. The van der Waals surface area contributed by atoms with Gasteiger partial charge in [-0.15, -0.1) is 0 Å². The topological polar surface area (TPSA) is 89.3 Å². The van der Waals surface area contributed by atoms with Gasteiger partial charge in [0.2, 0.25) is 11.8 Å². The van der Waals surface area contributed by atoms with E-state index in [1.807, 2.05) is 42.9 Å². The Bertz CT molecular complexity index is 1040. The van der Waals surface area contributed by atoms with Crippen LogP contribution in [-0.2, 0) is 16.6 Å². The van der Waals surface area contributed by atoms with Crippen LogP contribution >= 0.6 is 11.3 Å². The molecule has 2 atom stereocenters. The molecule has 2 aromatic heterocycles. The predicted molar refractivity (Wildman–Crippen MR) is 106 cm³/mol. The summed E-state index contributed by atoms with van der Waals surface area (Å²) in [6, 6.07) is 5.20. The first-order chi connectivity index (χ1) is 13.5. The third-order valence-corrected chi connectivity index (χ3v) is 6.06. The van der Waals surface area contributed by atoms with Crippen molar-refractivity contribution in [2.45, 2.75) is 19.4 Å². The van der Waals surface area contributed by atoms with Crippen LogP contribution in [0.3, 0.4) is 0 Å². The molecule has 28 heavy (non-hydrogen) atoms. The summed E-state index contributed by atoms with van der Waals surface area (Å²) in [7, 11) is 3.47. The molecule has 3 aromatic rings. The average molecular weight is 399 g/mol. The van der Waals surface area contributed by atoms with Crippen molar-refractivity contribution in [3.8, 4) is 5.75 Å². The molecule has 0 bridgehead atoms. The van der Waals surface area contributed by atoms with Gasteiger partial charge in [-0.05, 0) is 19.1 Å². The molecule has 0 unspecified atom stereocenters. The van der Waals surface area contributed by atoms with E-state index < -0.39 is 5.92 Å². The van der Waals surface area contributed by atoms with Gasteiger partial charge in [-0.25, -0.2) is 9.97 Å². The summed E-state index contributed by atoms with van der Waals surface area (Å²) in [5.74, 6) is 0.632. The highest BCUT2D eigenvalue weighted by molar-refractivity contribution is 7.22. The number of rotatable bonds is 5. The van der Waals surface area contributed by atoms with E-state index in [-0.39, 0.29) is 24.3 Å². The van der Waals surface area contributed by atoms with E-state index in [1.165, 1.54) is 11.3 Å². The van der Waals surface area contributed by atoms with Gasteiger partial charge in [0.25, 0.3) is 0 Å². The lowest BCUT2D eigenvalue weighted by molar-refractivity contribution is -0.129. The van der Waals surface area contributed by atoms with E-state index in [9.17, 15) is 9.59 Å². The number of amides is 2. The Morgan fingerprint density at radius 1 is 1.43 bits per heavy atom. The number of fused-ring (bicyclic) bond motifs is 1. The molecular formula is C19H21N5O3S. The number of nitrogens with one attached hydrogen (secondary N) is 1. The number of nitrogens with zero attached hydrogens (tertiary/aromatic N) is 4. The number of likely N-dealkylation sites (tertiary alicyclic amines) is 1. The van der Waals surface area contributed by atoms with Gasteiger partial charge < -0.3 is 19.5 Å². The van der Waals surface area contributed by atoms with Crippen molar-refractivity contribution in [1.29, 1.82) is 0 Å². The minimum absolute atomic E-state index is 0.0402. The highest BCUT2D eigenvalue weighted by Crippen LogP contribution is 2.39. The second-order valence-corrected chi connectivity index (χ2v) is 7.65. The van der Waals surface area contributed by atoms with E-state index in [0.717, 1.165) is 16.0 Å². The first kappa shape index (κ1) is 18.4. The minimum Gasteiger partial charge on any atom is -0.495 e. The molecular weight excluding hydrogens is 378 g/mol. The van der Waals surface area contributed by atoms with Crippen LogP contribution < -0.4 is 10.1 Å². The third kappa shape index (κ3) is 3.01. The third-order valence-electron chi connectivity index (χ3n) is 5.06. The summed E-state index contributed by atoms with van der Waals surface area (Å²) >= 11 is 1.36. The molecule has 9 heteroatoms. The molecule has 0 radical (unpaired) electrons. The van der Waals surface area contributed by atoms with E-state index in [4.69, 9.17) is 4.74 Å². The summed E-state index contributed by atoms with van der Waals surface area (Å²) in [4.78, 5) is 36.2. The monoisotopic (exact) mass is 399 g/mol. The smallest absolute Gasteiger partial charge is 0.232 e. The van der Waals surface area contributed by atoms with E-state index in [1.54, 1.807) is 18.2 Å². The standard InChI is InChI=1S/C19H21N5O3S/c1-4-24-14(25)10-11(15(24)17-20-8-9-23(17)2)18(26)22-19-21-12-6-5-7-13(27-3)16(12)28-19/h5-9,11,15H,4,10H2,1-3H3,(H,21,22,26)/t11-,15-/m0/s1. The second kappa shape index (κ2) is 7.23. The largest absolute Gasteiger partial charge is 0.495 e. The number of carbonyl (C=O) groups is 2. The van der Waals surface area contributed by atoms with Gasteiger partial charge in [-0.2, -0.15) is 0 Å². The van der Waals surface area contributed by atoms with E-state index in [0.29, 0.717) is 17.5 Å². The highest BCUT2D eigenvalue weighted by atomic mass is 32.1. The summed E-state index contributed by atoms with van der Waals surface area (Å²) < 4.78 is 8.09. The molecule has 0 saturated carbocycles. The zero-order valence-corrected chi connectivity index (χ0v) is 16.7.